The molecule has 0 aromatic carbocycles. The summed E-state index contributed by atoms with van der Waals surface area (Å²) >= 11 is 0.605. The van der Waals surface area contributed by atoms with Gasteiger partial charge in [-0.2, -0.15) is 0 Å². The molecule has 0 atom stereocenters. The SMILES string of the molecule is Nc1sc(S(=O)(=O)NC2CCS(=O)(=O)CC2)cc1[N+](=O)[O-]. The van der Waals surface area contributed by atoms with Crippen molar-refractivity contribution in [3.8, 4) is 0 Å². The molecule has 0 bridgehead atoms. The molecule has 0 radical (unpaired) electrons. The Kier molecular flexibility index (Phi) is 4.24. The largest absolute Gasteiger partial charge is 0.385 e. The molecule has 0 spiro atoms. The highest BCUT2D eigenvalue weighted by Crippen LogP contribution is 2.34. The Labute approximate surface area is 125 Å². The van der Waals surface area contributed by atoms with E-state index in [0.29, 0.717) is 11.3 Å². The first-order valence-corrected chi connectivity index (χ1v) is 9.99. The van der Waals surface area contributed by atoms with Crippen LogP contribution in [0.3, 0.4) is 0 Å². The number of sulfonamides is 1. The summed E-state index contributed by atoms with van der Waals surface area (Å²) in [5.74, 6) is -0.153. The minimum atomic E-state index is -3.94. The fourth-order valence-electron chi connectivity index (χ4n) is 1.93. The molecule has 9 nitrogen and oxygen atoms in total. The minimum absolute atomic E-state index is 0.0765. The number of nitrogen functional groups attached to an aromatic ring is 1. The average molecular weight is 355 g/mol. The minimum Gasteiger partial charge on any atom is -0.385 e. The van der Waals surface area contributed by atoms with Gasteiger partial charge in [0.05, 0.1) is 16.4 Å². The number of sulfone groups is 1. The Morgan fingerprint density at radius 1 is 1.38 bits per heavy atom. The number of hydrogen-bond donors (Lipinski definition) is 2. The van der Waals surface area contributed by atoms with Crippen molar-refractivity contribution in [3.63, 3.8) is 0 Å². The number of nitrogens with zero attached hydrogens (tertiary/aromatic N) is 1. The molecular weight excluding hydrogens is 342 g/mol. The summed E-state index contributed by atoms with van der Waals surface area (Å²) < 4.78 is 48.9. The Bertz CT molecular complexity index is 753. The molecule has 12 heteroatoms. The number of thiophene rings is 1. The average Bonchev–Trinajstić information content (AvgIpc) is 2.75. The second-order valence-corrected chi connectivity index (χ2v) is 9.95. The summed E-state index contributed by atoms with van der Waals surface area (Å²) in [4.78, 5) is 9.92. The number of rotatable bonds is 4. The van der Waals surface area contributed by atoms with E-state index in [0.717, 1.165) is 6.07 Å². The highest BCUT2D eigenvalue weighted by atomic mass is 32.2. The van der Waals surface area contributed by atoms with Crippen molar-refractivity contribution >= 4 is 41.9 Å². The summed E-state index contributed by atoms with van der Waals surface area (Å²) in [5.41, 5.74) is 4.96. The van der Waals surface area contributed by atoms with Gasteiger partial charge in [0.2, 0.25) is 0 Å². The smallest absolute Gasteiger partial charge is 0.304 e. The molecule has 1 aliphatic heterocycles. The lowest BCUT2D eigenvalue weighted by molar-refractivity contribution is -0.383. The molecule has 0 amide bonds. The van der Waals surface area contributed by atoms with E-state index in [1.165, 1.54) is 0 Å². The molecule has 2 heterocycles. The molecule has 21 heavy (non-hydrogen) atoms. The summed E-state index contributed by atoms with van der Waals surface area (Å²) in [6, 6.07) is 0.406. The Balaban J connectivity index is 2.16. The maximum absolute atomic E-state index is 12.1. The zero-order valence-electron chi connectivity index (χ0n) is 10.7. The summed E-state index contributed by atoms with van der Waals surface area (Å²) in [6.45, 7) is 0. The Morgan fingerprint density at radius 2 is 1.95 bits per heavy atom. The van der Waals surface area contributed by atoms with Crippen LogP contribution in [0.15, 0.2) is 10.3 Å². The van der Waals surface area contributed by atoms with Crippen molar-refractivity contribution in [1.29, 1.82) is 0 Å². The van der Waals surface area contributed by atoms with Gasteiger partial charge in [0.15, 0.2) is 5.00 Å². The second-order valence-electron chi connectivity index (χ2n) is 4.62. The van der Waals surface area contributed by atoms with Crippen LogP contribution in [0.2, 0.25) is 0 Å². The molecule has 0 saturated carbocycles. The van der Waals surface area contributed by atoms with Gasteiger partial charge in [-0.15, -0.1) is 0 Å². The summed E-state index contributed by atoms with van der Waals surface area (Å²) in [5, 5.41) is 10.5. The highest BCUT2D eigenvalue weighted by molar-refractivity contribution is 7.92. The zero-order chi connectivity index (χ0) is 15.8. The van der Waals surface area contributed by atoms with Crippen LogP contribution in [0.25, 0.3) is 0 Å². The van der Waals surface area contributed by atoms with Gasteiger partial charge < -0.3 is 5.73 Å². The van der Waals surface area contributed by atoms with E-state index in [4.69, 9.17) is 5.73 Å². The van der Waals surface area contributed by atoms with E-state index in [1.807, 2.05) is 0 Å². The molecule has 1 saturated heterocycles. The lowest BCUT2D eigenvalue weighted by atomic mass is 10.2. The molecule has 1 fully saturated rings. The second kappa shape index (κ2) is 5.51. The van der Waals surface area contributed by atoms with Crippen molar-refractivity contribution in [1.82, 2.24) is 4.72 Å². The lowest BCUT2D eigenvalue weighted by Gasteiger charge is -2.22. The van der Waals surface area contributed by atoms with Crippen LogP contribution < -0.4 is 10.5 Å². The van der Waals surface area contributed by atoms with Crippen LogP contribution in [0.5, 0.6) is 0 Å². The van der Waals surface area contributed by atoms with Crippen molar-refractivity contribution in [3.05, 3.63) is 16.2 Å². The van der Waals surface area contributed by atoms with Crippen molar-refractivity contribution < 1.29 is 21.8 Å². The molecular formula is C9H13N3O6S3. The van der Waals surface area contributed by atoms with Gasteiger partial charge in [0, 0.05) is 12.1 Å². The van der Waals surface area contributed by atoms with E-state index in [1.54, 1.807) is 0 Å². The number of nitrogens with one attached hydrogen (secondary N) is 1. The monoisotopic (exact) mass is 355 g/mol. The lowest BCUT2D eigenvalue weighted by Crippen LogP contribution is -2.40. The maximum Gasteiger partial charge on any atom is 0.304 e. The van der Waals surface area contributed by atoms with E-state index in [2.05, 4.69) is 4.72 Å². The van der Waals surface area contributed by atoms with Crippen molar-refractivity contribution in [2.75, 3.05) is 17.2 Å². The first kappa shape index (κ1) is 16.1. The third kappa shape index (κ3) is 3.70. The molecule has 0 aliphatic carbocycles. The topological polar surface area (TPSA) is 149 Å². The highest BCUT2D eigenvalue weighted by Gasteiger charge is 2.30. The Hall–Kier alpha value is -1.24. The van der Waals surface area contributed by atoms with E-state index in [-0.39, 0.29) is 33.6 Å². The molecule has 1 aromatic heterocycles. The predicted molar refractivity (Wildman–Crippen MR) is 77.4 cm³/mol. The van der Waals surface area contributed by atoms with Gasteiger partial charge in [-0.1, -0.05) is 11.3 Å². The molecule has 3 N–H and O–H groups in total. The van der Waals surface area contributed by atoms with Crippen LogP contribution in [-0.2, 0) is 19.9 Å². The normalized spacial score (nSPS) is 19.4. The summed E-state index contributed by atoms with van der Waals surface area (Å²) in [7, 11) is -7.03. The van der Waals surface area contributed by atoms with Gasteiger partial charge in [0.1, 0.15) is 14.0 Å². The van der Waals surface area contributed by atoms with Crippen LogP contribution in [0.1, 0.15) is 12.8 Å². The van der Waals surface area contributed by atoms with Gasteiger partial charge in [0.25, 0.3) is 10.0 Å². The van der Waals surface area contributed by atoms with Crippen molar-refractivity contribution in [2.24, 2.45) is 0 Å². The van der Waals surface area contributed by atoms with Gasteiger partial charge in [-0.25, -0.2) is 21.6 Å². The van der Waals surface area contributed by atoms with Crippen LogP contribution >= 0.6 is 11.3 Å². The van der Waals surface area contributed by atoms with Crippen LogP contribution in [0, 0.1) is 10.1 Å². The number of hydrogen-bond acceptors (Lipinski definition) is 8. The van der Waals surface area contributed by atoms with Gasteiger partial charge >= 0.3 is 5.69 Å². The third-order valence-electron chi connectivity index (χ3n) is 3.06. The van der Waals surface area contributed by atoms with Gasteiger partial charge in [-0.05, 0) is 12.8 Å². The molecule has 1 aromatic rings. The van der Waals surface area contributed by atoms with Crippen LogP contribution in [-0.4, -0.2) is 39.3 Å². The predicted octanol–water partition coefficient (Wildman–Crippen LogP) is 0.0940. The molecule has 1 aliphatic rings. The Morgan fingerprint density at radius 3 is 2.43 bits per heavy atom. The standard InChI is InChI=1S/C9H13N3O6S3/c10-9-7(12(13)14)5-8(19-9)21(17,18)11-6-1-3-20(15,16)4-2-6/h5-6,11H,1-4,10H2. The fourth-order valence-corrected chi connectivity index (χ4v) is 5.96. The quantitative estimate of drug-likeness (QED) is 0.574. The van der Waals surface area contributed by atoms with Crippen molar-refractivity contribution in [2.45, 2.75) is 23.1 Å². The molecule has 0 unspecified atom stereocenters. The summed E-state index contributed by atoms with van der Waals surface area (Å²) in [6.07, 6.45) is 0.370. The number of nitro groups is 1. The molecule has 118 valence electrons. The van der Waals surface area contributed by atoms with E-state index in [9.17, 15) is 26.9 Å². The molecule has 2 rings (SSSR count). The zero-order valence-corrected chi connectivity index (χ0v) is 13.1. The number of nitrogens with two attached hydrogens (primary N) is 1. The van der Waals surface area contributed by atoms with Gasteiger partial charge in [-0.3, -0.25) is 10.1 Å². The van der Waals surface area contributed by atoms with Crippen LogP contribution in [0.4, 0.5) is 10.7 Å². The maximum atomic E-state index is 12.1. The first-order chi connectivity index (χ1) is 9.61. The van der Waals surface area contributed by atoms with E-state index >= 15 is 0 Å². The third-order valence-corrected chi connectivity index (χ3v) is 7.72. The number of anilines is 1. The first-order valence-electron chi connectivity index (χ1n) is 5.87. The van der Waals surface area contributed by atoms with E-state index < -0.39 is 36.5 Å². The fraction of sp³-hybridized carbons (Fsp3) is 0.556.